The first kappa shape index (κ1) is 19.5. The normalized spacial score (nSPS) is 10.8. The number of hydrogen-bond donors (Lipinski definition) is 2. The lowest BCUT2D eigenvalue weighted by Gasteiger charge is -2.11. The van der Waals surface area contributed by atoms with Crippen molar-refractivity contribution in [3.8, 4) is 28.2 Å². The lowest BCUT2D eigenvalue weighted by molar-refractivity contribution is -0.114. The summed E-state index contributed by atoms with van der Waals surface area (Å²) in [5.74, 6) is -0.356. The first-order chi connectivity index (χ1) is 14.4. The zero-order valence-electron chi connectivity index (χ0n) is 15.7. The average molecular weight is 424 g/mol. The summed E-state index contributed by atoms with van der Waals surface area (Å²) in [5.41, 5.74) is 8.75. The second-order valence-electron chi connectivity index (χ2n) is 6.40. The maximum Gasteiger partial charge on any atom is 0.221 e. The predicted octanol–water partition coefficient (Wildman–Crippen LogP) is 3.72. The van der Waals surface area contributed by atoms with E-state index in [4.69, 9.17) is 17.3 Å². The summed E-state index contributed by atoms with van der Waals surface area (Å²) in [5, 5.41) is 14.4. The second kappa shape index (κ2) is 7.88. The van der Waals surface area contributed by atoms with Crippen molar-refractivity contribution in [2.75, 3.05) is 11.1 Å². The molecule has 2 aromatic heterocycles. The Labute approximate surface area is 175 Å². The van der Waals surface area contributed by atoms with Crippen LogP contribution in [0.1, 0.15) is 6.92 Å². The summed E-state index contributed by atoms with van der Waals surface area (Å²) in [7, 11) is 0. The van der Waals surface area contributed by atoms with Gasteiger partial charge in [-0.05, 0) is 46.3 Å². The van der Waals surface area contributed by atoms with Gasteiger partial charge >= 0.3 is 0 Å². The van der Waals surface area contributed by atoms with Crippen LogP contribution in [0, 0.1) is 5.82 Å². The van der Waals surface area contributed by atoms with Gasteiger partial charge in [-0.1, -0.05) is 29.8 Å². The number of tetrazole rings is 1. The van der Waals surface area contributed by atoms with Crippen molar-refractivity contribution in [2.24, 2.45) is 0 Å². The number of rotatable bonds is 4. The predicted molar refractivity (Wildman–Crippen MR) is 112 cm³/mol. The smallest absolute Gasteiger partial charge is 0.221 e. The van der Waals surface area contributed by atoms with Crippen LogP contribution in [0.3, 0.4) is 0 Å². The van der Waals surface area contributed by atoms with E-state index < -0.39 is 5.82 Å². The van der Waals surface area contributed by atoms with E-state index in [1.807, 2.05) is 12.1 Å². The highest BCUT2D eigenvalue weighted by molar-refractivity contribution is 6.32. The van der Waals surface area contributed by atoms with E-state index in [-0.39, 0.29) is 28.3 Å². The number of amides is 1. The molecule has 0 aliphatic rings. The molecule has 0 bridgehead atoms. The zero-order valence-corrected chi connectivity index (χ0v) is 16.4. The lowest BCUT2D eigenvalue weighted by Crippen LogP contribution is -2.06. The largest absolute Gasteiger partial charge is 0.383 e. The molecule has 0 saturated carbocycles. The number of nitrogens with two attached hydrogens (primary N) is 1. The number of pyridine rings is 1. The Morgan fingerprint density at radius 3 is 2.63 bits per heavy atom. The van der Waals surface area contributed by atoms with E-state index >= 15 is 0 Å². The molecule has 0 fully saturated rings. The van der Waals surface area contributed by atoms with Crippen molar-refractivity contribution < 1.29 is 9.18 Å². The van der Waals surface area contributed by atoms with E-state index in [0.717, 1.165) is 11.1 Å². The average Bonchev–Trinajstić information content (AvgIpc) is 3.17. The van der Waals surface area contributed by atoms with Gasteiger partial charge in [0.1, 0.15) is 11.5 Å². The van der Waals surface area contributed by atoms with Crippen LogP contribution in [0.15, 0.2) is 54.7 Å². The van der Waals surface area contributed by atoms with E-state index in [1.54, 1.807) is 30.5 Å². The Hall–Kier alpha value is -3.85. The molecule has 0 atom stereocenters. The standard InChI is InChI=1S/C20H15ClFN7O/c1-11(30)25-14-7-5-12(6-8-14)13-9-15(19(23)24-10-13)20-26-27-28-29(20)18-16(21)3-2-4-17(18)22/h2-10H,1H3,(H2,23,24)(H,25,30). The number of aromatic nitrogens is 5. The van der Waals surface area contributed by atoms with Gasteiger partial charge in [0.05, 0.1) is 10.6 Å². The minimum absolute atomic E-state index is 0.0172. The molecule has 0 aliphatic heterocycles. The topological polar surface area (TPSA) is 112 Å². The van der Waals surface area contributed by atoms with Gasteiger partial charge in [-0.3, -0.25) is 4.79 Å². The number of nitrogen functional groups attached to an aromatic ring is 1. The third kappa shape index (κ3) is 3.70. The van der Waals surface area contributed by atoms with Crippen molar-refractivity contribution in [1.29, 1.82) is 0 Å². The van der Waals surface area contributed by atoms with Gasteiger partial charge in [0.2, 0.25) is 5.91 Å². The highest BCUT2D eigenvalue weighted by atomic mass is 35.5. The maximum atomic E-state index is 14.4. The summed E-state index contributed by atoms with van der Waals surface area (Å²) >= 11 is 6.16. The molecule has 0 radical (unpaired) electrons. The number of para-hydroxylation sites is 1. The molecule has 0 aliphatic carbocycles. The summed E-state index contributed by atoms with van der Waals surface area (Å²) in [6.45, 7) is 1.44. The minimum atomic E-state index is -0.577. The zero-order chi connectivity index (χ0) is 21.3. The minimum Gasteiger partial charge on any atom is -0.383 e. The van der Waals surface area contributed by atoms with Crippen molar-refractivity contribution >= 4 is 29.0 Å². The van der Waals surface area contributed by atoms with Crippen LogP contribution < -0.4 is 11.1 Å². The molecule has 30 heavy (non-hydrogen) atoms. The number of nitrogens with one attached hydrogen (secondary N) is 1. The van der Waals surface area contributed by atoms with Crippen LogP contribution in [0.5, 0.6) is 0 Å². The number of carbonyl (C=O) groups excluding carboxylic acids is 1. The first-order valence-electron chi connectivity index (χ1n) is 8.80. The van der Waals surface area contributed by atoms with Crippen LogP contribution in [0.25, 0.3) is 28.2 Å². The number of benzene rings is 2. The van der Waals surface area contributed by atoms with Crippen molar-refractivity contribution in [2.45, 2.75) is 6.92 Å². The first-order valence-corrected chi connectivity index (χ1v) is 9.18. The Morgan fingerprint density at radius 2 is 1.93 bits per heavy atom. The van der Waals surface area contributed by atoms with E-state index in [1.165, 1.54) is 23.7 Å². The summed E-state index contributed by atoms with van der Waals surface area (Å²) in [4.78, 5) is 15.4. The molecule has 4 aromatic rings. The number of hydrogen-bond acceptors (Lipinski definition) is 6. The molecular formula is C20H15ClFN7O. The molecule has 150 valence electrons. The highest BCUT2D eigenvalue weighted by Crippen LogP contribution is 2.32. The third-order valence-corrected chi connectivity index (χ3v) is 4.62. The van der Waals surface area contributed by atoms with Gasteiger partial charge in [-0.15, -0.1) is 5.10 Å². The summed E-state index contributed by atoms with van der Waals surface area (Å²) in [6, 6.07) is 13.3. The number of nitrogens with zero attached hydrogens (tertiary/aromatic N) is 5. The van der Waals surface area contributed by atoms with Gasteiger partial charge in [-0.25, -0.2) is 9.37 Å². The van der Waals surface area contributed by atoms with E-state index in [2.05, 4.69) is 25.8 Å². The quantitative estimate of drug-likeness (QED) is 0.517. The Bertz CT molecular complexity index is 1220. The van der Waals surface area contributed by atoms with Gasteiger partial charge in [-0.2, -0.15) is 4.68 Å². The van der Waals surface area contributed by atoms with Crippen LogP contribution in [0.4, 0.5) is 15.9 Å². The van der Waals surface area contributed by atoms with Gasteiger partial charge in [0.25, 0.3) is 0 Å². The van der Waals surface area contributed by atoms with E-state index in [9.17, 15) is 9.18 Å². The fourth-order valence-corrected chi connectivity index (χ4v) is 3.20. The number of halogens is 2. The fraction of sp³-hybridized carbons (Fsp3) is 0.0500. The van der Waals surface area contributed by atoms with Gasteiger partial charge in [0, 0.05) is 24.4 Å². The lowest BCUT2D eigenvalue weighted by atomic mass is 10.0. The molecular weight excluding hydrogens is 409 g/mol. The van der Waals surface area contributed by atoms with Crippen LogP contribution in [-0.2, 0) is 4.79 Å². The second-order valence-corrected chi connectivity index (χ2v) is 6.81. The molecule has 4 rings (SSSR count). The Kier molecular flexibility index (Phi) is 5.11. The van der Waals surface area contributed by atoms with Crippen molar-refractivity contribution in [1.82, 2.24) is 25.2 Å². The van der Waals surface area contributed by atoms with Crippen LogP contribution >= 0.6 is 11.6 Å². The Balaban J connectivity index is 1.78. The maximum absolute atomic E-state index is 14.4. The van der Waals surface area contributed by atoms with Gasteiger partial charge < -0.3 is 11.1 Å². The summed E-state index contributed by atoms with van der Waals surface area (Å²) in [6.07, 6.45) is 1.61. The monoisotopic (exact) mass is 423 g/mol. The van der Waals surface area contributed by atoms with E-state index in [0.29, 0.717) is 11.3 Å². The highest BCUT2D eigenvalue weighted by Gasteiger charge is 2.20. The number of anilines is 2. The Morgan fingerprint density at radius 1 is 1.17 bits per heavy atom. The molecule has 3 N–H and O–H groups in total. The molecule has 1 amide bonds. The van der Waals surface area contributed by atoms with Crippen molar-refractivity contribution in [3.05, 3.63) is 65.6 Å². The molecule has 10 heteroatoms. The van der Waals surface area contributed by atoms with Crippen LogP contribution in [-0.4, -0.2) is 31.1 Å². The third-order valence-electron chi connectivity index (χ3n) is 4.32. The molecule has 0 saturated heterocycles. The molecule has 2 aromatic carbocycles. The molecule has 8 nitrogen and oxygen atoms in total. The molecule has 0 unspecified atom stereocenters. The fourth-order valence-electron chi connectivity index (χ4n) is 2.96. The molecule has 0 spiro atoms. The van der Waals surface area contributed by atoms with Gasteiger partial charge in [0.15, 0.2) is 11.6 Å². The summed E-state index contributed by atoms with van der Waals surface area (Å²) < 4.78 is 15.6. The van der Waals surface area contributed by atoms with Crippen LogP contribution in [0.2, 0.25) is 5.02 Å². The SMILES string of the molecule is CC(=O)Nc1ccc(-c2cnc(N)c(-c3nnnn3-c3c(F)cccc3Cl)c2)cc1. The van der Waals surface area contributed by atoms with Crippen molar-refractivity contribution in [3.63, 3.8) is 0 Å². The number of carbonyl (C=O) groups is 1. The molecule has 2 heterocycles.